The summed E-state index contributed by atoms with van der Waals surface area (Å²) in [6.07, 6.45) is 1.44. The number of aromatic nitrogens is 2. The Bertz CT molecular complexity index is 1030. The summed E-state index contributed by atoms with van der Waals surface area (Å²) in [5, 5.41) is 10.7. The van der Waals surface area contributed by atoms with Gasteiger partial charge in [-0.1, -0.05) is 6.07 Å². The Morgan fingerprint density at radius 1 is 1.21 bits per heavy atom. The average Bonchev–Trinajstić information content (AvgIpc) is 3.41. The lowest BCUT2D eigenvalue weighted by molar-refractivity contribution is -0.117. The predicted molar refractivity (Wildman–Crippen MR) is 105 cm³/mol. The van der Waals surface area contributed by atoms with Crippen LogP contribution >= 0.6 is 0 Å². The molecule has 0 atom stereocenters. The minimum Gasteiger partial charge on any atom is -0.497 e. The van der Waals surface area contributed by atoms with E-state index in [-0.39, 0.29) is 18.4 Å². The quantitative estimate of drug-likeness (QED) is 0.693. The van der Waals surface area contributed by atoms with Crippen LogP contribution in [0.25, 0.3) is 11.5 Å². The van der Waals surface area contributed by atoms with Crippen LogP contribution in [-0.2, 0) is 11.3 Å². The molecule has 4 rings (SSSR count). The zero-order chi connectivity index (χ0) is 20.2. The Kier molecular flexibility index (Phi) is 5.24. The van der Waals surface area contributed by atoms with Crippen LogP contribution in [0, 0.1) is 0 Å². The lowest BCUT2D eigenvalue weighted by Gasteiger charge is -2.15. The highest BCUT2D eigenvalue weighted by Gasteiger charge is 2.21. The molecule has 3 aromatic rings. The van der Waals surface area contributed by atoms with Gasteiger partial charge in [-0.15, -0.1) is 10.2 Å². The number of amides is 2. The van der Waals surface area contributed by atoms with Gasteiger partial charge in [0.25, 0.3) is 5.91 Å². The summed E-state index contributed by atoms with van der Waals surface area (Å²) in [5.74, 6) is 1.20. The molecule has 0 radical (unpaired) electrons. The Balaban J connectivity index is 1.37. The Labute approximate surface area is 167 Å². The molecule has 1 fully saturated rings. The number of nitrogens with one attached hydrogen (secondary N) is 1. The molecule has 0 aliphatic carbocycles. The van der Waals surface area contributed by atoms with E-state index in [0.29, 0.717) is 29.5 Å². The minimum atomic E-state index is -0.259. The zero-order valence-electron chi connectivity index (χ0n) is 15.9. The van der Waals surface area contributed by atoms with Gasteiger partial charge in [-0.3, -0.25) is 9.59 Å². The van der Waals surface area contributed by atoms with Crippen molar-refractivity contribution in [1.82, 2.24) is 15.5 Å². The van der Waals surface area contributed by atoms with Crippen molar-refractivity contribution in [3.63, 3.8) is 0 Å². The van der Waals surface area contributed by atoms with E-state index < -0.39 is 0 Å². The number of benzene rings is 2. The number of carbonyl (C=O) groups excluding carboxylic acids is 2. The van der Waals surface area contributed by atoms with Crippen molar-refractivity contribution in [2.75, 3.05) is 18.6 Å². The van der Waals surface area contributed by atoms with Gasteiger partial charge in [-0.2, -0.15) is 0 Å². The molecule has 8 heteroatoms. The highest BCUT2D eigenvalue weighted by molar-refractivity contribution is 5.97. The fourth-order valence-electron chi connectivity index (χ4n) is 3.17. The molecule has 0 saturated carbocycles. The first kappa shape index (κ1) is 18.7. The second-order valence-corrected chi connectivity index (χ2v) is 6.61. The van der Waals surface area contributed by atoms with Crippen molar-refractivity contribution < 1.29 is 18.7 Å². The van der Waals surface area contributed by atoms with Crippen molar-refractivity contribution in [2.24, 2.45) is 0 Å². The summed E-state index contributed by atoms with van der Waals surface area (Å²) in [4.78, 5) is 25.9. The van der Waals surface area contributed by atoms with Crippen LogP contribution < -0.4 is 15.0 Å². The van der Waals surface area contributed by atoms with E-state index in [9.17, 15) is 9.59 Å². The average molecular weight is 392 g/mol. The molecule has 0 bridgehead atoms. The molecule has 2 aromatic carbocycles. The van der Waals surface area contributed by atoms with Gasteiger partial charge in [0.1, 0.15) is 5.75 Å². The van der Waals surface area contributed by atoms with Gasteiger partial charge in [0, 0.05) is 29.8 Å². The minimum absolute atomic E-state index is 0.113. The third-order valence-electron chi connectivity index (χ3n) is 4.70. The van der Waals surface area contributed by atoms with Crippen LogP contribution in [0.4, 0.5) is 5.69 Å². The van der Waals surface area contributed by atoms with Crippen molar-refractivity contribution >= 4 is 17.5 Å². The molecular formula is C21H20N4O4. The summed E-state index contributed by atoms with van der Waals surface area (Å²) in [6.45, 7) is 0.833. The van der Waals surface area contributed by atoms with Crippen molar-refractivity contribution in [3.8, 4) is 17.2 Å². The van der Waals surface area contributed by atoms with E-state index in [4.69, 9.17) is 9.15 Å². The zero-order valence-corrected chi connectivity index (χ0v) is 15.9. The Morgan fingerprint density at radius 3 is 2.76 bits per heavy atom. The first-order valence-corrected chi connectivity index (χ1v) is 9.29. The lowest BCUT2D eigenvalue weighted by Crippen LogP contribution is -2.25. The molecular weight excluding hydrogens is 372 g/mol. The second kappa shape index (κ2) is 8.14. The maximum Gasteiger partial charge on any atom is 0.251 e. The maximum atomic E-state index is 12.4. The first-order chi connectivity index (χ1) is 14.1. The molecule has 0 unspecified atom stereocenters. The second-order valence-electron chi connectivity index (χ2n) is 6.61. The van der Waals surface area contributed by atoms with E-state index in [0.717, 1.165) is 24.2 Å². The summed E-state index contributed by atoms with van der Waals surface area (Å²) in [7, 11) is 1.59. The number of ether oxygens (including phenoxy) is 1. The van der Waals surface area contributed by atoms with Crippen LogP contribution in [-0.4, -0.2) is 35.7 Å². The molecule has 0 spiro atoms. The van der Waals surface area contributed by atoms with Gasteiger partial charge < -0.3 is 19.4 Å². The van der Waals surface area contributed by atoms with E-state index in [2.05, 4.69) is 15.5 Å². The van der Waals surface area contributed by atoms with E-state index >= 15 is 0 Å². The SMILES string of the molecule is COc1cccc(-c2nnc(CNC(=O)c3ccc(N4CCCC4=O)cc3)o2)c1. The van der Waals surface area contributed by atoms with Crippen LogP contribution in [0.15, 0.2) is 52.9 Å². The summed E-state index contributed by atoms with van der Waals surface area (Å²) >= 11 is 0. The van der Waals surface area contributed by atoms with Crippen LogP contribution in [0.1, 0.15) is 29.1 Å². The molecule has 1 aliphatic heterocycles. The summed E-state index contributed by atoms with van der Waals surface area (Å²) < 4.78 is 10.8. The summed E-state index contributed by atoms with van der Waals surface area (Å²) in [5.41, 5.74) is 2.04. The number of hydrogen-bond acceptors (Lipinski definition) is 6. The molecule has 2 amide bonds. The lowest BCUT2D eigenvalue weighted by atomic mass is 10.2. The van der Waals surface area contributed by atoms with Gasteiger partial charge in [0.15, 0.2) is 0 Å². The van der Waals surface area contributed by atoms with Crippen molar-refractivity contribution in [3.05, 3.63) is 60.0 Å². The van der Waals surface area contributed by atoms with Crippen molar-refractivity contribution in [1.29, 1.82) is 0 Å². The van der Waals surface area contributed by atoms with Gasteiger partial charge in [-0.25, -0.2) is 0 Å². The molecule has 8 nitrogen and oxygen atoms in total. The normalized spacial score (nSPS) is 13.6. The smallest absolute Gasteiger partial charge is 0.251 e. The first-order valence-electron chi connectivity index (χ1n) is 9.29. The topological polar surface area (TPSA) is 97.6 Å². The Hall–Kier alpha value is -3.68. The largest absolute Gasteiger partial charge is 0.497 e. The van der Waals surface area contributed by atoms with E-state index in [1.165, 1.54) is 0 Å². The number of methoxy groups -OCH3 is 1. The monoisotopic (exact) mass is 392 g/mol. The Morgan fingerprint density at radius 2 is 2.03 bits per heavy atom. The van der Waals surface area contributed by atoms with Gasteiger partial charge in [0.05, 0.1) is 13.7 Å². The highest BCUT2D eigenvalue weighted by Crippen LogP contribution is 2.23. The maximum absolute atomic E-state index is 12.4. The number of nitrogens with zero attached hydrogens (tertiary/aromatic N) is 3. The van der Waals surface area contributed by atoms with Gasteiger partial charge >= 0.3 is 0 Å². The predicted octanol–water partition coefficient (Wildman–Crippen LogP) is 2.80. The standard InChI is InChI=1S/C21H20N4O4/c1-28-17-5-2-4-15(12-17)21-24-23-18(29-21)13-22-20(27)14-7-9-16(10-8-14)25-11-3-6-19(25)26/h2,4-5,7-10,12H,3,6,11,13H2,1H3,(H,22,27). The van der Waals surface area contributed by atoms with E-state index in [1.807, 2.05) is 18.2 Å². The summed E-state index contributed by atoms with van der Waals surface area (Å²) in [6, 6.07) is 14.3. The van der Waals surface area contributed by atoms with Crippen LogP contribution in [0.5, 0.6) is 5.75 Å². The molecule has 1 saturated heterocycles. The third-order valence-corrected chi connectivity index (χ3v) is 4.70. The third kappa shape index (κ3) is 4.11. The molecule has 2 heterocycles. The van der Waals surface area contributed by atoms with Gasteiger partial charge in [-0.05, 0) is 48.9 Å². The molecule has 1 aromatic heterocycles. The van der Waals surface area contributed by atoms with E-state index in [1.54, 1.807) is 42.3 Å². The number of carbonyl (C=O) groups is 2. The molecule has 148 valence electrons. The van der Waals surface area contributed by atoms with Crippen molar-refractivity contribution in [2.45, 2.75) is 19.4 Å². The fourth-order valence-corrected chi connectivity index (χ4v) is 3.17. The number of rotatable bonds is 6. The molecule has 29 heavy (non-hydrogen) atoms. The van der Waals surface area contributed by atoms with Crippen LogP contribution in [0.3, 0.4) is 0 Å². The number of anilines is 1. The fraction of sp³-hybridized carbons (Fsp3) is 0.238. The molecule has 1 aliphatic rings. The molecule has 1 N–H and O–H groups in total. The highest BCUT2D eigenvalue weighted by atomic mass is 16.5. The number of hydrogen-bond donors (Lipinski definition) is 1. The van der Waals surface area contributed by atoms with Crippen LogP contribution in [0.2, 0.25) is 0 Å². The van der Waals surface area contributed by atoms with Gasteiger partial charge in [0.2, 0.25) is 17.7 Å².